The molecule has 2 aromatic carbocycles. The predicted molar refractivity (Wildman–Crippen MR) is 96.9 cm³/mol. The standard InChI is InChI=1S/C19H17ClN2O3/c20-17-8-7-15(10-21-17)18(23)16(11-22-19(24)25)14-6-5-12-3-1-2-4-13(12)9-14/h1-10,16,18,22-23H,11H2,(H,24,25)/t16?,18-/m0/s1. The highest BCUT2D eigenvalue weighted by molar-refractivity contribution is 6.29. The van der Waals surface area contributed by atoms with Crippen LogP contribution in [-0.2, 0) is 0 Å². The van der Waals surface area contributed by atoms with Gasteiger partial charge in [-0.15, -0.1) is 0 Å². The molecule has 6 heteroatoms. The molecule has 0 aliphatic rings. The predicted octanol–water partition coefficient (Wildman–Crippen LogP) is 3.97. The lowest BCUT2D eigenvalue weighted by atomic mass is 9.88. The quantitative estimate of drug-likeness (QED) is 0.604. The molecule has 3 aromatic rings. The molecule has 1 unspecified atom stereocenters. The highest BCUT2D eigenvalue weighted by Crippen LogP contribution is 2.32. The smallest absolute Gasteiger partial charge is 0.404 e. The summed E-state index contributed by atoms with van der Waals surface area (Å²) < 4.78 is 0. The number of hydrogen-bond acceptors (Lipinski definition) is 3. The molecular formula is C19H17ClN2O3. The molecule has 3 N–H and O–H groups in total. The van der Waals surface area contributed by atoms with Crippen molar-refractivity contribution in [1.29, 1.82) is 0 Å². The van der Waals surface area contributed by atoms with Gasteiger partial charge in [0.25, 0.3) is 0 Å². The summed E-state index contributed by atoms with van der Waals surface area (Å²) in [5.41, 5.74) is 1.42. The number of benzene rings is 2. The van der Waals surface area contributed by atoms with Gasteiger partial charge in [-0.1, -0.05) is 60.1 Å². The first kappa shape index (κ1) is 17.2. The largest absolute Gasteiger partial charge is 0.465 e. The van der Waals surface area contributed by atoms with Gasteiger partial charge in [0.1, 0.15) is 5.15 Å². The number of nitrogens with zero attached hydrogens (tertiary/aromatic N) is 1. The highest BCUT2D eigenvalue weighted by atomic mass is 35.5. The number of hydrogen-bond donors (Lipinski definition) is 3. The van der Waals surface area contributed by atoms with Crippen molar-refractivity contribution >= 4 is 28.5 Å². The van der Waals surface area contributed by atoms with Crippen molar-refractivity contribution in [3.05, 3.63) is 77.1 Å². The third-order valence-corrected chi connectivity index (χ3v) is 4.37. The van der Waals surface area contributed by atoms with E-state index < -0.39 is 18.1 Å². The Morgan fingerprint density at radius 1 is 1.08 bits per heavy atom. The molecule has 0 radical (unpaired) electrons. The topological polar surface area (TPSA) is 82.5 Å². The minimum Gasteiger partial charge on any atom is -0.465 e. The van der Waals surface area contributed by atoms with E-state index in [1.165, 1.54) is 6.20 Å². The van der Waals surface area contributed by atoms with Crippen LogP contribution in [0.5, 0.6) is 0 Å². The molecule has 0 spiro atoms. The van der Waals surface area contributed by atoms with Crippen molar-refractivity contribution in [1.82, 2.24) is 10.3 Å². The van der Waals surface area contributed by atoms with Gasteiger partial charge < -0.3 is 15.5 Å². The van der Waals surface area contributed by atoms with E-state index in [0.29, 0.717) is 10.7 Å². The molecular weight excluding hydrogens is 340 g/mol. The fourth-order valence-corrected chi connectivity index (χ4v) is 2.95. The Kier molecular flexibility index (Phi) is 5.16. The molecule has 1 aromatic heterocycles. The van der Waals surface area contributed by atoms with Gasteiger partial charge in [0.05, 0.1) is 6.10 Å². The van der Waals surface area contributed by atoms with Crippen LogP contribution >= 0.6 is 11.6 Å². The summed E-state index contributed by atoms with van der Waals surface area (Å²) in [6, 6.07) is 17.0. The zero-order chi connectivity index (χ0) is 17.8. The van der Waals surface area contributed by atoms with Crippen molar-refractivity contribution in [2.45, 2.75) is 12.0 Å². The summed E-state index contributed by atoms with van der Waals surface area (Å²) in [5.74, 6) is -0.455. The van der Waals surface area contributed by atoms with E-state index in [1.54, 1.807) is 12.1 Å². The van der Waals surface area contributed by atoms with Crippen LogP contribution < -0.4 is 5.32 Å². The van der Waals surface area contributed by atoms with E-state index in [1.807, 2.05) is 42.5 Å². The monoisotopic (exact) mass is 356 g/mol. The molecule has 0 bridgehead atoms. The number of fused-ring (bicyclic) bond motifs is 1. The fourth-order valence-electron chi connectivity index (χ4n) is 2.84. The van der Waals surface area contributed by atoms with Gasteiger partial charge in [-0.05, 0) is 28.0 Å². The molecule has 25 heavy (non-hydrogen) atoms. The zero-order valence-electron chi connectivity index (χ0n) is 13.3. The van der Waals surface area contributed by atoms with Crippen LogP contribution in [0.15, 0.2) is 60.8 Å². The lowest BCUT2D eigenvalue weighted by Crippen LogP contribution is -2.29. The second kappa shape index (κ2) is 7.51. The van der Waals surface area contributed by atoms with Gasteiger partial charge in [-0.2, -0.15) is 0 Å². The highest BCUT2D eigenvalue weighted by Gasteiger charge is 2.24. The molecule has 0 saturated carbocycles. The SMILES string of the molecule is O=C(O)NCC(c1ccc2ccccc2c1)[C@@H](O)c1ccc(Cl)nc1. The number of aliphatic hydroxyl groups is 1. The molecule has 0 saturated heterocycles. The molecule has 1 heterocycles. The first-order valence-electron chi connectivity index (χ1n) is 7.79. The Morgan fingerprint density at radius 2 is 1.80 bits per heavy atom. The molecule has 2 atom stereocenters. The van der Waals surface area contributed by atoms with Crippen molar-refractivity contribution in [3.8, 4) is 0 Å². The van der Waals surface area contributed by atoms with Crippen molar-refractivity contribution in [2.24, 2.45) is 0 Å². The zero-order valence-corrected chi connectivity index (χ0v) is 14.0. The van der Waals surface area contributed by atoms with Crippen molar-refractivity contribution in [2.75, 3.05) is 6.54 Å². The maximum Gasteiger partial charge on any atom is 0.404 e. The van der Waals surface area contributed by atoms with Crippen LogP contribution in [0.1, 0.15) is 23.1 Å². The molecule has 3 rings (SSSR count). The van der Waals surface area contributed by atoms with Crippen LogP contribution in [0.4, 0.5) is 4.79 Å². The first-order chi connectivity index (χ1) is 12.0. The van der Waals surface area contributed by atoms with Crippen LogP contribution in [-0.4, -0.2) is 27.8 Å². The Bertz CT molecular complexity index is 883. The van der Waals surface area contributed by atoms with E-state index in [4.69, 9.17) is 16.7 Å². The second-order valence-corrected chi connectivity index (χ2v) is 6.15. The van der Waals surface area contributed by atoms with Gasteiger partial charge >= 0.3 is 6.09 Å². The van der Waals surface area contributed by atoms with Crippen LogP contribution in [0.2, 0.25) is 5.15 Å². The number of rotatable bonds is 5. The Labute approximate surface area is 149 Å². The first-order valence-corrected chi connectivity index (χ1v) is 8.17. The third kappa shape index (κ3) is 4.07. The number of nitrogens with one attached hydrogen (secondary N) is 1. The maximum absolute atomic E-state index is 10.9. The van der Waals surface area contributed by atoms with E-state index in [2.05, 4.69) is 10.3 Å². The van der Waals surface area contributed by atoms with Crippen LogP contribution in [0, 0.1) is 0 Å². The Morgan fingerprint density at radius 3 is 2.48 bits per heavy atom. The normalized spacial score (nSPS) is 13.4. The van der Waals surface area contributed by atoms with E-state index in [9.17, 15) is 9.90 Å². The summed E-state index contributed by atoms with van der Waals surface area (Å²) in [6.45, 7) is 0.0808. The molecule has 0 aliphatic heterocycles. The summed E-state index contributed by atoms with van der Waals surface area (Å²) in [7, 11) is 0. The molecule has 1 amide bonds. The van der Waals surface area contributed by atoms with Gasteiger partial charge in [0, 0.05) is 18.7 Å². The Hall–Kier alpha value is -2.63. The van der Waals surface area contributed by atoms with E-state index in [0.717, 1.165) is 16.3 Å². The van der Waals surface area contributed by atoms with Crippen molar-refractivity contribution in [3.63, 3.8) is 0 Å². The molecule has 0 fully saturated rings. The van der Waals surface area contributed by atoms with Gasteiger partial charge in [0.15, 0.2) is 0 Å². The average Bonchev–Trinajstić information content (AvgIpc) is 2.62. The number of aliphatic hydroxyl groups excluding tert-OH is 1. The molecule has 5 nitrogen and oxygen atoms in total. The lowest BCUT2D eigenvalue weighted by molar-refractivity contribution is 0.140. The summed E-state index contributed by atoms with van der Waals surface area (Å²) in [6.07, 6.45) is -0.549. The summed E-state index contributed by atoms with van der Waals surface area (Å²) in [4.78, 5) is 14.9. The van der Waals surface area contributed by atoms with E-state index >= 15 is 0 Å². The Balaban J connectivity index is 1.97. The van der Waals surface area contributed by atoms with Crippen LogP contribution in [0.25, 0.3) is 10.8 Å². The average molecular weight is 357 g/mol. The maximum atomic E-state index is 10.9. The van der Waals surface area contributed by atoms with Crippen LogP contribution in [0.3, 0.4) is 0 Å². The number of aromatic nitrogens is 1. The van der Waals surface area contributed by atoms with Gasteiger partial charge in [-0.25, -0.2) is 9.78 Å². The van der Waals surface area contributed by atoms with Gasteiger partial charge in [-0.3, -0.25) is 0 Å². The summed E-state index contributed by atoms with van der Waals surface area (Å²) >= 11 is 5.80. The number of amides is 1. The fraction of sp³-hybridized carbons (Fsp3) is 0.158. The molecule has 0 aliphatic carbocycles. The van der Waals surface area contributed by atoms with Gasteiger partial charge in [0.2, 0.25) is 0 Å². The lowest BCUT2D eigenvalue weighted by Gasteiger charge is -2.24. The minimum atomic E-state index is -1.13. The molecule has 128 valence electrons. The number of carboxylic acid groups (broad SMARTS) is 1. The second-order valence-electron chi connectivity index (χ2n) is 5.76. The number of pyridine rings is 1. The van der Waals surface area contributed by atoms with Crippen molar-refractivity contribution < 1.29 is 15.0 Å². The third-order valence-electron chi connectivity index (χ3n) is 4.15. The summed E-state index contributed by atoms with van der Waals surface area (Å²) in [5, 5.41) is 24.6. The minimum absolute atomic E-state index is 0.0808. The number of carbonyl (C=O) groups is 1. The number of halogens is 1. The van der Waals surface area contributed by atoms with E-state index in [-0.39, 0.29) is 6.54 Å².